The first-order valence-corrected chi connectivity index (χ1v) is 7.29. The lowest BCUT2D eigenvalue weighted by Gasteiger charge is -2.52. The molecule has 1 spiro atoms. The van der Waals surface area contributed by atoms with E-state index in [-0.39, 0.29) is 10.8 Å². The van der Waals surface area contributed by atoms with Crippen LogP contribution in [-0.4, -0.2) is 6.04 Å². The number of hydrogen-bond acceptors (Lipinski definition) is 1. The third-order valence-electron chi connectivity index (χ3n) is 4.78. The summed E-state index contributed by atoms with van der Waals surface area (Å²) in [5, 5.41) is 3.70. The lowest BCUT2D eigenvalue weighted by atomic mass is 9.57. The molecule has 1 N–H and O–H groups in total. The molecule has 0 aliphatic heterocycles. The van der Waals surface area contributed by atoms with E-state index in [1.54, 1.807) is 6.07 Å². The highest BCUT2D eigenvalue weighted by Gasteiger charge is 2.46. The van der Waals surface area contributed by atoms with Crippen LogP contribution in [0, 0.1) is 11.2 Å². The van der Waals surface area contributed by atoms with E-state index in [1.165, 1.54) is 51.0 Å². The molecule has 0 radical (unpaired) electrons. The van der Waals surface area contributed by atoms with Crippen LogP contribution in [-0.2, 0) is 0 Å². The SMILES string of the molecule is Fc1cc(NC2CCC23CCCCC3)ccc1Cl. The van der Waals surface area contributed by atoms with Gasteiger partial charge in [0, 0.05) is 11.7 Å². The highest BCUT2D eigenvalue weighted by molar-refractivity contribution is 6.30. The minimum Gasteiger partial charge on any atom is -0.382 e. The van der Waals surface area contributed by atoms with E-state index < -0.39 is 0 Å². The normalized spacial score (nSPS) is 25.8. The number of hydrogen-bond donors (Lipinski definition) is 1. The fourth-order valence-corrected chi connectivity index (χ4v) is 3.68. The van der Waals surface area contributed by atoms with Crippen molar-refractivity contribution in [3.8, 4) is 0 Å². The third kappa shape index (κ3) is 2.11. The van der Waals surface area contributed by atoms with Gasteiger partial charge in [0.25, 0.3) is 0 Å². The van der Waals surface area contributed by atoms with Crippen LogP contribution in [0.15, 0.2) is 18.2 Å². The highest BCUT2D eigenvalue weighted by Crippen LogP contribution is 2.52. The molecule has 3 heteroatoms. The smallest absolute Gasteiger partial charge is 0.143 e. The highest BCUT2D eigenvalue weighted by atomic mass is 35.5. The molecule has 1 atom stereocenters. The van der Waals surface area contributed by atoms with Gasteiger partial charge >= 0.3 is 0 Å². The lowest BCUT2D eigenvalue weighted by molar-refractivity contribution is 0.0571. The van der Waals surface area contributed by atoms with Gasteiger partial charge in [-0.05, 0) is 49.3 Å². The van der Waals surface area contributed by atoms with Crippen molar-refractivity contribution in [2.75, 3.05) is 5.32 Å². The van der Waals surface area contributed by atoms with Crippen molar-refractivity contribution in [1.82, 2.24) is 0 Å². The summed E-state index contributed by atoms with van der Waals surface area (Å²) in [6.45, 7) is 0. The zero-order valence-electron chi connectivity index (χ0n) is 10.5. The minimum atomic E-state index is -0.335. The van der Waals surface area contributed by atoms with Crippen molar-refractivity contribution < 1.29 is 4.39 Å². The second-order valence-corrected chi connectivity index (χ2v) is 6.19. The third-order valence-corrected chi connectivity index (χ3v) is 5.09. The summed E-state index contributed by atoms with van der Waals surface area (Å²) in [6.07, 6.45) is 9.30. The molecule has 1 aromatic carbocycles. The molecule has 0 bridgehead atoms. The van der Waals surface area contributed by atoms with Crippen LogP contribution in [0.4, 0.5) is 10.1 Å². The van der Waals surface area contributed by atoms with Gasteiger partial charge in [-0.3, -0.25) is 0 Å². The summed E-state index contributed by atoms with van der Waals surface area (Å²) >= 11 is 5.70. The second-order valence-electron chi connectivity index (χ2n) is 5.79. The van der Waals surface area contributed by atoms with Gasteiger partial charge in [0.1, 0.15) is 5.82 Å². The summed E-state index contributed by atoms with van der Waals surface area (Å²) in [5.74, 6) is -0.335. The molecule has 18 heavy (non-hydrogen) atoms. The zero-order valence-corrected chi connectivity index (χ0v) is 11.3. The molecular formula is C15H19ClFN. The molecule has 2 aliphatic carbocycles. The van der Waals surface area contributed by atoms with Crippen LogP contribution in [0.3, 0.4) is 0 Å². The Morgan fingerprint density at radius 3 is 2.56 bits per heavy atom. The van der Waals surface area contributed by atoms with Gasteiger partial charge in [0.2, 0.25) is 0 Å². The first kappa shape index (κ1) is 12.3. The quantitative estimate of drug-likeness (QED) is 0.795. The van der Waals surface area contributed by atoms with Crippen molar-refractivity contribution in [2.24, 2.45) is 5.41 Å². The lowest BCUT2D eigenvalue weighted by Crippen LogP contribution is -2.50. The minimum absolute atomic E-state index is 0.196. The van der Waals surface area contributed by atoms with Gasteiger partial charge in [0.15, 0.2) is 0 Å². The van der Waals surface area contributed by atoms with Gasteiger partial charge in [0.05, 0.1) is 5.02 Å². The molecule has 0 heterocycles. The number of anilines is 1. The summed E-state index contributed by atoms with van der Waals surface area (Å²) < 4.78 is 13.4. The largest absolute Gasteiger partial charge is 0.382 e. The van der Waals surface area contributed by atoms with E-state index in [2.05, 4.69) is 5.32 Å². The Hall–Kier alpha value is -0.760. The Morgan fingerprint density at radius 1 is 1.17 bits per heavy atom. The Labute approximate surface area is 113 Å². The van der Waals surface area contributed by atoms with E-state index in [4.69, 9.17) is 11.6 Å². The van der Waals surface area contributed by atoms with E-state index in [1.807, 2.05) is 6.07 Å². The van der Waals surface area contributed by atoms with Gasteiger partial charge in [-0.25, -0.2) is 4.39 Å². The topological polar surface area (TPSA) is 12.0 Å². The van der Waals surface area contributed by atoms with Crippen LogP contribution in [0.5, 0.6) is 0 Å². The van der Waals surface area contributed by atoms with Crippen LogP contribution < -0.4 is 5.32 Å². The average Bonchev–Trinajstić information content (AvgIpc) is 2.40. The molecule has 98 valence electrons. The molecule has 2 aliphatic rings. The molecule has 2 fully saturated rings. The van der Waals surface area contributed by atoms with Crippen molar-refractivity contribution in [1.29, 1.82) is 0 Å². The maximum absolute atomic E-state index is 13.4. The number of halogens is 2. The van der Waals surface area contributed by atoms with E-state index in [0.717, 1.165) is 5.69 Å². The molecule has 0 aromatic heterocycles. The summed E-state index contributed by atoms with van der Waals surface area (Å²) in [7, 11) is 0. The fourth-order valence-electron chi connectivity index (χ4n) is 3.56. The first-order chi connectivity index (χ1) is 8.70. The maximum atomic E-state index is 13.4. The Balaban J connectivity index is 1.70. The molecular weight excluding hydrogens is 249 g/mol. The van der Waals surface area contributed by atoms with Crippen molar-refractivity contribution in [3.63, 3.8) is 0 Å². The molecule has 0 saturated heterocycles. The number of nitrogens with one attached hydrogen (secondary N) is 1. The summed E-state index contributed by atoms with van der Waals surface area (Å²) in [5.41, 5.74) is 1.36. The second kappa shape index (κ2) is 4.73. The average molecular weight is 268 g/mol. The van der Waals surface area contributed by atoms with E-state index in [9.17, 15) is 4.39 Å². The van der Waals surface area contributed by atoms with Crippen LogP contribution in [0.1, 0.15) is 44.9 Å². The number of benzene rings is 1. The number of rotatable bonds is 2. The van der Waals surface area contributed by atoms with Gasteiger partial charge in [-0.1, -0.05) is 30.9 Å². The summed E-state index contributed by atoms with van der Waals surface area (Å²) in [6, 6.07) is 5.54. The molecule has 3 rings (SSSR count). The molecule has 2 saturated carbocycles. The Morgan fingerprint density at radius 2 is 1.94 bits per heavy atom. The van der Waals surface area contributed by atoms with Crippen LogP contribution in [0.2, 0.25) is 5.02 Å². The van der Waals surface area contributed by atoms with Crippen molar-refractivity contribution in [3.05, 3.63) is 29.0 Å². The van der Waals surface area contributed by atoms with Gasteiger partial charge in [-0.15, -0.1) is 0 Å². The standard InChI is InChI=1S/C15H19ClFN/c16-12-5-4-11(10-13(12)17)18-14-6-9-15(14)7-2-1-3-8-15/h4-5,10,14,18H,1-3,6-9H2. The predicted molar refractivity (Wildman–Crippen MR) is 73.6 cm³/mol. The Bertz CT molecular complexity index is 440. The van der Waals surface area contributed by atoms with Crippen LogP contribution in [0.25, 0.3) is 0 Å². The van der Waals surface area contributed by atoms with Crippen LogP contribution >= 0.6 is 11.6 Å². The summed E-state index contributed by atoms with van der Waals surface area (Å²) in [4.78, 5) is 0. The maximum Gasteiger partial charge on any atom is 0.143 e. The van der Waals surface area contributed by atoms with E-state index >= 15 is 0 Å². The predicted octanol–water partition coefficient (Wildman–Crippen LogP) is 5.00. The fraction of sp³-hybridized carbons (Fsp3) is 0.600. The molecule has 0 amide bonds. The molecule has 1 nitrogen and oxygen atoms in total. The monoisotopic (exact) mass is 267 g/mol. The molecule has 1 unspecified atom stereocenters. The van der Waals surface area contributed by atoms with Crippen molar-refractivity contribution in [2.45, 2.75) is 51.0 Å². The van der Waals surface area contributed by atoms with Gasteiger partial charge < -0.3 is 5.32 Å². The van der Waals surface area contributed by atoms with Crippen molar-refractivity contribution >= 4 is 17.3 Å². The van der Waals surface area contributed by atoms with Gasteiger partial charge in [-0.2, -0.15) is 0 Å². The van der Waals surface area contributed by atoms with E-state index in [0.29, 0.717) is 11.5 Å². The Kier molecular flexibility index (Phi) is 3.23. The first-order valence-electron chi connectivity index (χ1n) is 6.91. The molecule has 1 aromatic rings. The zero-order chi connectivity index (χ0) is 12.6.